The fourth-order valence-electron chi connectivity index (χ4n) is 1.37. The Bertz CT molecular complexity index is 351. The molecule has 5 heteroatoms. The van der Waals surface area contributed by atoms with Crippen molar-refractivity contribution >= 4 is 33.6 Å². The van der Waals surface area contributed by atoms with E-state index in [0.29, 0.717) is 11.4 Å². The van der Waals surface area contributed by atoms with Crippen LogP contribution in [-0.4, -0.2) is 18.9 Å². The van der Waals surface area contributed by atoms with Crippen LogP contribution < -0.4 is 16.8 Å². The number of anilines is 2. The Labute approximate surface area is 104 Å². The number of carbonyl (C=O) groups excluding carboxylic acids is 1. The van der Waals surface area contributed by atoms with E-state index in [2.05, 4.69) is 21.2 Å². The summed E-state index contributed by atoms with van der Waals surface area (Å²) in [4.78, 5) is 9.94. The van der Waals surface area contributed by atoms with Gasteiger partial charge in [0.15, 0.2) is 0 Å². The summed E-state index contributed by atoms with van der Waals surface area (Å²) in [5.41, 5.74) is 12.1. The molecule has 1 aromatic rings. The van der Waals surface area contributed by atoms with Crippen LogP contribution in [0.25, 0.3) is 0 Å². The third-order valence-corrected chi connectivity index (χ3v) is 2.80. The van der Waals surface area contributed by atoms with Gasteiger partial charge in [-0.2, -0.15) is 0 Å². The molecular weight excluding hydrogens is 270 g/mol. The number of benzene rings is 1. The SMILES string of the molecule is Nc1ccc(Br)cc1N.O=C[C@@H]1CCCN1. The van der Waals surface area contributed by atoms with Crippen molar-refractivity contribution in [2.75, 3.05) is 18.0 Å². The average Bonchev–Trinajstić information content (AvgIpc) is 2.77. The van der Waals surface area contributed by atoms with Crippen molar-refractivity contribution in [2.45, 2.75) is 18.9 Å². The Kier molecular flexibility index (Phi) is 5.28. The van der Waals surface area contributed by atoms with E-state index < -0.39 is 0 Å². The lowest BCUT2D eigenvalue weighted by Crippen LogP contribution is -2.21. The van der Waals surface area contributed by atoms with Crippen LogP contribution in [0.3, 0.4) is 0 Å². The summed E-state index contributed by atoms with van der Waals surface area (Å²) in [6, 6.07) is 5.56. The smallest absolute Gasteiger partial charge is 0.136 e. The van der Waals surface area contributed by atoms with Crippen molar-refractivity contribution in [1.82, 2.24) is 5.32 Å². The highest BCUT2D eigenvalue weighted by Gasteiger charge is 2.10. The summed E-state index contributed by atoms with van der Waals surface area (Å²) < 4.78 is 0.953. The summed E-state index contributed by atoms with van der Waals surface area (Å²) in [6.07, 6.45) is 3.17. The molecule has 1 heterocycles. The van der Waals surface area contributed by atoms with Gasteiger partial charge in [0.1, 0.15) is 6.29 Å². The van der Waals surface area contributed by atoms with Crippen LogP contribution in [0.5, 0.6) is 0 Å². The molecule has 1 atom stereocenters. The van der Waals surface area contributed by atoms with Crippen molar-refractivity contribution in [3.05, 3.63) is 22.7 Å². The Morgan fingerprint density at radius 2 is 2.12 bits per heavy atom. The lowest BCUT2D eigenvalue weighted by atomic mass is 10.2. The van der Waals surface area contributed by atoms with Gasteiger partial charge < -0.3 is 21.6 Å². The predicted molar refractivity (Wildman–Crippen MR) is 70.1 cm³/mol. The molecule has 1 fully saturated rings. The quantitative estimate of drug-likeness (QED) is 0.540. The van der Waals surface area contributed by atoms with Gasteiger partial charge in [-0.1, -0.05) is 15.9 Å². The fraction of sp³-hybridized carbons (Fsp3) is 0.364. The van der Waals surface area contributed by atoms with Crippen molar-refractivity contribution in [2.24, 2.45) is 0 Å². The minimum absolute atomic E-state index is 0.167. The van der Waals surface area contributed by atoms with Gasteiger partial charge in [0, 0.05) is 4.47 Å². The molecule has 1 aromatic carbocycles. The highest BCUT2D eigenvalue weighted by atomic mass is 79.9. The molecule has 1 aliphatic rings. The molecule has 0 spiro atoms. The summed E-state index contributed by atoms with van der Waals surface area (Å²) in [5, 5.41) is 3.04. The number of halogens is 1. The Hall–Kier alpha value is -1.07. The first-order valence-electron chi connectivity index (χ1n) is 5.12. The van der Waals surface area contributed by atoms with Gasteiger partial charge >= 0.3 is 0 Å². The van der Waals surface area contributed by atoms with E-state index in [1.54, 1.807) is 12.1 Å². The third-order valence-electron chi connectivity index (χ3n) is 2.31. The van der Waals surface area contributed by atoms with E-state index in [4.69, 9.17) is 11.5 Å². The number of carbonyl (C=O) groups is 1. The van der Waals surface area contributed by atoms with Crippen molar-refractivity contribution in [3.63, 3.8) is 0 Å². The molecular formula is C11H16BrN3O. The normalized spacial score (nSPS) is 18.7. The van der Waals surface area contributed by atoms with E-state index in [-0.39, 0.29) is 6.04 Å². The summed E-state index contributed by atoms with van der Waals surface area (Å²) in [5.74, 6) is 0. The molecule has 88 valence electrons. The molecule has 0 unspecified atom stereocenters. The second-order valence-corrected chi connectivity index (χ2v) is 4.53. The van der Waals surface area contributed by atoms with Crippen molar-refractivity contribution in [1.29, 1.82) is 0 Å². The molecule has 5 N–H and O–H groups in total. The van der Waals surface area contributed by atoms with Gasteiger partial charge in [0.25, 0.3) is 0 Å². The maximum atomic E-state index is 9.94. The van der Waals surface area contributed by atoms with Gasteiger partial charge in [-0.05, 0) is 37.6 Å². The molecule has 0 aliphatic carbocycles. The van der Waals surface area contributed by atoms with Crippen LogP contribution in [0.2, 0.25) is 0 Å². The number of nitrogens with two attached hydrogens (primary N) is 2. The first kappa shape index (κ1) is 13.0. The van der Waals surface area contributed by atoms with Crippen LogP contribution in [-0.2, 0) is 4.79 Å². The van der Waals surface area contributed by atoms with Gasteiger partial charge in [-0.3, -0.25) is 0 Å². The number of nitrogen functional groups attached to an aromatic ring is 2. The summed E-state index contributed by atoms with van der Waals surface area (Å²) >= 11 is 3.26. The maximum Gasteiger partial charge on any atom is 0.136 e. The number of nitrogens with one attached hydrogen (secondary N) is 1. The standard InChI is InChI=1S/C6H7BrN2.C5H9NO/c7-4-1-2-5(8)6(9)3-4;7-4-5-2-1-3-6-5/h1-3H,8-9H2;4-6H,1-3H2/t;5-/m.0/s1. The molecule has 2 rings (SSSR count). The van der Waals surface area contributed by atoms with Crippen LogP contribution in [0.15, 0.2) is 22.7 Å². The van der Waals surface area contributed by atoms with Crippen LogP contribution in [0.4, 0.5) is 11.4 Å². The predicted octanol–water partition coefficient (Wildman–Crippen LogP) is 1.55. The van der Waals surface area contributed by atoms with E-state index in [1.807, 2.05) is 6.07 Å². The molecule has 0 aromatic heterocycles. The molecule has 0 radical (unpaired) electrons. The van der Waals surface area contributed by atoms with Gasteiger partial charge in [-0.15, -0.1) is 0 Å². The number of rotatable bonds is 1. The molecule has 1 aliphatic heterocycles. The maximum absolute atomic E-state index is 9.94. The molecule has 0 saturated carbocycles. The lowest BCUT2D eigenvalue weighted by molar-refractivity contribution is -0.109. The monoisotopic (exact) mass is 285 g/mol. The Balaban J connectivity index is 0.000000165. The zero-order valence-electron chi connectivity index (χ0n) is 8.95. The highest BCUT2D eigenvalue weighted by molar-refractivity contribution is 9.10. The fourth-order valence-corrected chi connectivity index (χ4v) is 1.75. The number of hydrogen-bond acceptors (Lipinski definition) is 4. The molecule has 16 heavy (non-hydrogen) atoms. The van der Waals surface area contributed by atoms with E-state index in [9.17, 15) is 4.79 Å². The van der Waals surface area contributed by atoms with Crippen molar-refractivity contribution < 1.29 is 4.79 Å². The second-order valence-electron chi connectivity index (χ2n) is 3.61. The van der Waals surface area contributed by atoms with Crippen LogP contribution in [0, 0.1) is 0 Å². The first-order valence-corrected chi connectivity index (χ1v) is 5.92. The van der Waals surface area contributed by atoms with Gasteiger partial charge in [-0.25, -0.2) is 0 Å². The zero-order chi connectivity index (χ0) is 12.0. The molecule has 0 bridgehead atoms. The largest absolute Gasteiger partial charge is 0.397 e. The molecule has 0 amide bonds. The molecule has 4 nitrogen and oxygen atoms in total. The topological polar surface area (TPSA) is 81.1 Å². The minimum Gasteiger partial charge on any atom is -0.397 e. The average molecular weight is 286 g/mol. The second kappa shape index (κ2) is 6.50. The number of aldehydes is 1. The lowest BCUT2D eigenvalue weighted by Gasteiger charge is -1.97. The minimum atomic E-state index is 0.167. The van der Waals surface area contributed by atoms with Crippen molar-refractivity contribution in [3.8, 4) is 0 Å². The summed E-state index contributed by atoms with van der Waals surface area (Å²) in [7, 11) is 0. The summed E-state index contributed by atoms with van der Waals surface area (Å²) in [6.45, 7) is 1.02. The van der Waals surface area contributed by atoms with Gasteiger partial charge in [0.05, 0.1) is 17.4 Å². The first-order chi connectivity index (χ1) is 7.63. The molecule has 1 saturated heterocycles. The van der Waals surface area contributed by atoms with E-state index >= 15 is 0 Å². The van der Waals surface area contributed by atoms with Gasteiger partial charge in [0.2, 0.25) is 0 Å². The highest BCUT2D eigenvalue weighted by Crippen LogP contribution is 2.19. The van der Waals surface area contributed by atoms with Crippen LogP contribution in [0.1, 0.15) is 12.8 Å². The number of hydrogen-bond donors (Lipinski definition) is 3. The Morgan fingerprint density at radius 3 is 2.50 bits per heavy atom. The zero-order valence-corrected chi connectivity index (χ0v) is 10.5. The Morgan fingerprint density at radius 1 is 1.38 bits per heavy atom. The van der Waals surface area contributed by atoms with E-state index in [1.165, 1.54) is 0 Å². The third kappa shape index (κ3) is 4.20. The van der Waals surface area contributed by atoms with E-state index in [0.717, 1.165) is 30.1 Å². The van der Waals surface area contributed by atoms with Crippen LogP contribution >= 0.6 is 15.9 Å².